The standard InChI is InChI=1S/C10H21N5O3S/c1-4-14(2)19(16,17)12-8-10-13-11-9-15(10)6-5-7-18-3/h9,12H,4-8H2,1-3H3. The van der Waals surface area contributed by atoms with Gasteiger partial charge in [0.1, 0.15) is 12.2 Å². The van der Waals surface area contributed by atoms with Gasteiger partial charge in [-0.25, -0.2) is 0 Å². The van der Waals surface area contributed by atoms with E-state index in [1.807, 2.05) is 4.57 Å². The first-order valence-corrected chi connectivity index (χ1v) is 7.51. The molecule has 0 aliphatic heterocycles. The first-order valence-electron chi connectivity index (χ1n) is 6.07. The van der Waals surface area contributed by atoms with Gasteiger partial charge in [-0.15, -0.1) is 10.2 Å². The molecule has 0 amide bonds. The summed E-state index contributed by atoms with van der Waals surface area (Å²) in [6.45, 7) is 3.64. The minimum Gasteiger partial charge on any atom is -0.385 e. The Morgan fingerprint density at radius 2 is 2.26 bits per heavy atom. The quantitative estimate of drug-likeness (QED) is 0.625. The van der Waals surface area contributed by atoms with E-state index >= 15 is 0 Å². The number of aryl methyl sites for hydroxylation is 1. The summed E-state index contributed by atoms with van der Waals surface area (Å²) in [4.78, 5) is 0. The van der Waals surface area contributed by atoms with Crippen LogP contribution in [0.2, 0.25) is 0 Å². The maximum Gasteiger partial charge on any atom is 0.279 e. The molecule has 9 heteroatoms. The molecule has 0 radical (unpaired) electrons. The smallest absolute Gasteiger partial charge is 0.279 e. The molecule has 1 N–H and O–H groups in total. The Bertz CT molecular complexity index is 473. The third kappa shape index (κ3) is 4.86. The largest absolute Gasteiger partial charge is 0.385 e. The van der Waals surface area contributed by atoms with Crippen LogP contribution in [-0.2, 0) is 28.0 Å². The number of nitrogens with one attached hydrogen (secondary N) is 1. The molecule has 0 aromatic carbocycles. The number of hydrogen-bond acceptors (Lipinski definition) is 5. The van der Waals surface area contributed by atoms with Crippen molar-refractivity contribution >= 4 is 10.2 Å². The van der Waals surface area contributed by atoms with Crippen molar-refractivity contribution in [1.82, 2.24) is 23.8 Å². The first-order chi connectivity index (χ1) is 9.01. The van der Waals surface area contributed by atoms with Crippen LogP contribution in [0.15, 0.2) is 6.33 Å². The number of aromatic nitrogens is 3. The number of methoxy groups -OCH3 is 1. The number of hydrogen-bond donors (Lipinski definition) is 1. The average molecular weight is 291 g/mol. The molecule has 0 saturated carbocycles. The summed E-state index contributed by atoms with van der Waals surface area (Å²) in [5.41, 5.74) is 0. The summed E-state index contributed by atoms with van der Waals surface area (Å²) in [5.74, 6) is 0.587. The van der Waals surface area contributed by atoms with Gasteiger partial charge in [0.05, 0.1) is 6.54 Å². The Morgan fingerprint density at radius 1 is 1.53 bits per heavy atom. The molecular formula is C10H21N5O3S. The van der Waals surface area contributed by atoms with E-state index in [9.17, 15) is 8.42 Å². The molecule has 0 bridgehead atoms. The predicted octanol–water partition coefficient (Wildman–Crippen LogP) is -0.399. The zero-order valence-corrected chi connectivity index (χ0v) is 12.4. The van der Waals surface area contributed by atoms with Crippen LogP contribution >= 0.6 is 0 Å². The van der Waals surface area contributed by atoms with Crippen molar-refractivity contribution in [2.45, 2.75) is 26.4 Å². The lowest BCUT2D eigenvalue weighted by Crippen LogP contribution is -2.38. The normalized spacial score (nSPS) is 12.2. The average Bonchev–Trinajstić information content (AvgIpc) is 2.83. The van der Waals surface area contributed by atoms with Gasteiger partial charge in [0.2, 0.25) is 0 Å². The van der Waals surface area contributed by atoms with E-state index in [4.69, 9.17) is 4.74 Å². The monoisotopic (exact) mass is 291 g/mol. The van der Waals surface area contributed by atoms with Gasteiger partial charge in [-0.1, -0.05) is 6.92 Å². The fraction of sp³-hybridized carbons (Fsp3) is 0.800. The molecule has 110 valence electrons. The second-order valence-electron chi connectivity index (χ2n) is 4.03. The summed E-state index contributed by atoms with van der Waals surface area (Å²) >= 11 is 0. The van der Waals surface area contributed by atoms with E-state index in [0.717, 1.165) is 6.42 Å². The van der Waals surface area contributed by atoms with Gasteiger partial charge in [-0.3, -0.25) is 0 Å². The van der Waals surface area contributed by atoms with Crippen LogP contribution in [0.3, 0.4) is 0 Å². The van der Waals surface area contributed by atoms with Gasteiger partial charge in [-0.05, 0) is 6.42 Å². The molecule has 1 rings (SSSR count). The molecule has 1 aromatic heterocycles. The van der Waals surface area contributed by atoms with Crippen LogP contribution in [0.25, 0.3) is 0 Å². The van der Waals surface area contributed by atoms with Crippen LogP contribution < -0.4 is 4.72 Å². The molecule has 0 unspecified atom stereocenters. The van der Waals surface area contributed by atoms with E-state index in [-0.39, 0.29) is 6.54 Å². The van der Waals surface area contributed by atoms with Crippen LogP contribution in [-0.4, -0.2) is 54.8 Å². The molecule has 0 fully saturated rings. The predicted molar refractivity (Wildman–Crippen MR) is 70.6 cm³/mol. The molecular weight excluding hydrogens is 270 g/mol. The molecule has 8 nitrogen and oxygen atoms in total. The lowest BCUT2D eigenvalue weighted by Gasteiger charge is -2.15. The highest BCUT2D eigenvalue weighted by molar-refractivity contribution is 7.87. The lowest BCUT2D eigenvalue weighted by molar-refractivity contribution is 0.190. The first kappa shape index (κ1) is 16.0. The number of rotatable bonds is 9. The van der Waals surface area contributed by atoms with Gasteiger partial charge >= 0.3 is 0 Å². The van der Waals surface area contributed by atoms with Gasteiger partial charge in [0.15, 0.2) is 0 Å². The summed E-state index contributed by atoms with van der Waals surface area (Å²) in [6.07, 6.45) is 2.41. The second-order valence-corrected chi connectivity index (χ2v) is 5.89. The van der Waals surface area contributed by atoms with Crippen LogP contribution in [0.5, 0.6) is 0 Å². The molecule has 0 saturated heterocycles. The second kappa shape index (κ2) is 7.53. The van der Waals surface area contributed by atoms with Crippen molar-refractivity contribution in [2.75, 3.05) is 27.3 Å². The van der Waals surface area contributed by atoms with Gasteiger partial charge < -0.3 is 9.30 Å². The molecule has 19 heavy (non-hydrogen) atoms. The van der Waals surface area contributed by atoms with Crippen LogP contribution in [0.1, 0.15) is 19.2 Å². The van der Waals surface area contributed by atoms with Gasteiger partial charge in [-0.2, -0.15) is 17.4 Å². The minimum absolute atomic E-state index is 0.125. The van der Waals surface area contributed by atoms with E-state index in [1.165, 1.54) is 11.4 Å². The highest BCUT2D eigenvalue weighted by Gasteiger charge is 2.16. The summed E-state index contributed by atoms with van der Waals surface area (Å²) in [5, 5.41) is 7.70. The molecule has 1 aromatic rings. The highest BCUT2D eigenvalue weighted by Crippen LogP contribution is 2.00. The maximum absolute atomic E-state index is 11.8. The number of ether oxygens (including phenoxy) is 1. The fourth-order valence-corrected chi connectivity index (χ4v) is 2.29. The molecule has 1 heterocycles. The van der Waals surface area contributed by atoms with Crippen molar-refractivity contribution in [3.63, 3.8) is 0 Å². The highest BCUT2D eigenvalue weighted by atomic mass is 32.2. The Morgan fingerprint density at radius 3 is 2.89 bits per heavy atom. The third-order valence-electron chi connectivity index (χ3n) is 2.71. The summed E-state index contributed by atoms with van der Waals surface area (Å²) in [6, 6.07) is 0. The Balaban J connectivity index is 2.56. The van der Waals surface area contributed by atoms with Crippen molar-refractivity contribution in [1.29, 1.82) is 0 Å². The summed E-state index contributed by atoms with van der Waals surface area (Å²) < 4.78 is 34.0. The minimum atomic E-state index is -3.45. The van der Waals surface area contributed by atoms with Crippen LogP contribution in [0, 0.1) is 0 Å². The Hall–Kier alpha value is -1.03. The van der Waals surface area contributed by atoms with E-state index < -0.39 is 10.2 Å². The van der Waals surface area contributed by atoms with E-state index in [1.54, 1.807) is 20.4 Å². The topological polar surface area (TPSA) is 89.4 Å². The molecule has 0 atom stereocenters. The van der Waals surface area contributed by atoms with Crippen molar-refractivity contribution in [2.24, 2.45) is 0 Å². The van der Waals surface area contributed by atoms with Gasteiger partial charge in [0, 0.05) is 33.9 Å². The molecule has 0 aliphatic rings. The third-order valence-corrected chi connectivity index (χ3v) is 4.30. The molecule has 0 aliphatic carbocycles. The maximum atomic E-state index is 11.8. The Labute approximate surface area is 113 Å². The van der Waals surface area contributed by atoms with Crippen molar-refractivity contribution in [3.8, 4) is 0 Å². The lowest BCUT2D eigenvalue weighted by atomic mass is 10.4. The Kier molecular flexibility index (Phi) is 6.35. The SMILES string of the molecule is CCN(C)S(=O)(=O)NCc1nncn1CCCOC. The fourth-order valence-electron chi connectivity index (χ4n) is 1.42. The van der Waals surface area contributed by atoms with Crippen LogP contribution in [0.4, 0.5) is 0 Å². The van der Waals surface area contributed by atoms with E-state index in [2.05, 4.69) is 14.9 Å². The molecule has 0 spiro atoms. The zero-order valence-electron chi connectivity index (χ0n) is 11.5. The van der Waals surface area contributed by atoms with Crippen molar-refractivity contribution < 1.29 is 13.2 Å². The summed E-state index contributed by atoms with van der Waals surface area (Å²) in [7, 11) is -0.291. The van der Waals surface area contributed by atoms with Gasteiger partial charge in [0.25, 0.3) is 10.2 Å². The van der Waals surface area contributed by atoms with Crippen molar-refractivity contribution in [3.05, 3.63) is 12.2 Å². The zero-order chi connectivity index (χ0) is 14.3. The number of nitrogens with zero attached hydrogens (tertiary/aromatic N) is 4. The van der Waals surface area contributed by atoms with E-state index in [0.29, 0.717) is 25.5 Å².